The summed E-state index contributed by atoms with van der Waals surface area (Å²) in [7, 11) is 1.58. The maximum absolute atomic E-state index is 12.1. The lowest BCUT2D eigenvalue weighted by Gasteiger charge is -2.11. The zero-order chi connectivity index (χ0) is 19.3. The van der Waals surface area contributed by atoms with Gasteiger partial charge in [0, 0.05) is 0 Å². The van der Waals surface area contributed by atoms with Crippen LogP contribution in [0.4, 0.5) is 0 Å². The molecular weight excluding hydrogens is 374 g/mol. The van der Waals surface area contributed by atoms with E-state index in [-0.39, 0.29) is 5.70 Å². The Morgan fingerprint density at radius 2 is 1.93 bits per heavy atom. The minimum Gasteiger partial charge on any atom is -0.493 e. The Morgan fingerprint density at radius 3 is 2.68 bits per heavy atom. The van der Waals surface area contributed by atoms with Crippen LogP contribution in [0.2, 0.25) is 0 Å². The quantitative estimate of drug-likeness (QED) is 0.452. The minimum atomic E-state index is -0.466. The third-order valence-electron chi connectivity index (χ3n) is 4.08. The smallest absolute Gasteiger partial charge is 0.363 e. The van der Waals surface area contributed by atoms with Crippen LogP contribution >= 0.6 is 11.3 Å². The molecule has 140 valence electrons. The summed E-state index contributed by atoms with van der Waals surface area (Å²) >= 11 is 1.47. The number of nitrogens with zero attached hydrogens (tertiary/aromatic N) is 1. The van der Waals surface area contributed by atoms with Crippen molar-refractivity contribution in [2.75, 3.05) is 7.11 Å². The van der Waals surface area contributed by atoms with Crippen molar-refractivity contribution in [1.82, 2.24) is 0 Å². The van der Waals surface area contributed by atoms with Gasteiger partial charge in [-0.3, -0.25) is 0 Å². The van der Waals surface area contributed by atoms with Crippen LogP contribution in [0.3, 0.4) is 0 Å². The number of benzene rings is 2. The molecule has 1 aromatic heterocycles. The number of carbonyl (C=O) groups excluding carboxylic acids is 1. The van der Waals surface area contributed by atoms with E-state index >= 15 is 0 Å². The van der Waals surface area contributed by atoms with Gasteiger partial charge in [-0.2, -0.15) is 0 Å². The standard InChI is InChI=1S/C22H17NO4S/c1-25-19-13-16(9-10-18(19)26-14-15-6-3-2-4-7-15)12-17-22(24)27-21(23-17)20-8-5-11-28-20/h2-13H,14H2,1H3. The first-order chi connectivity index (χ1) is 13.7. The molecule has 4 rings (SSSR count). The molecule has 0 fully saturated rings. The van der Waals surface area contributed by atoms with E-state index in [0.29, 0.717) is 24.0 Å². The molecule has 0 spiro atoms. The summed E-state index contributed by atoms with van der Waals surface area (Å²) in [4.78, 5) is 17.2. The van der Waals surface area contributed by atoms with Gasteiger partial charge in [-0.05, 0) is 40.8 Å². The Labute approximate surface area is 166 Å². The third-order valence-corrected chi connectivity index (χ3v) is 4.94. The van der Waals surface area contributed by atoms with E-state index in [1.807, 2.05) is 60.0 Å². The zero-order valence-electron chi connectivity index (χ0n) is 15.1. The first-order valence-corrected chi connectivity index (χ1v) is 9.52. The molecule has 28 heavy (non-hydrogen) atoms. The number of ether oxygens (including phenoxy) is 3. The maximum atomic E-state index is 12.1. The summed E-state index contributed by atoms with van der Waals surface area (Å²) in [5.74, 6) is 1.08. The van der Waals surface area contributed by atoms with Gasteiger partial charge in [0.2, 0.25) is 5.90 Å². The molecule has 3 aromatic rings. The predicted molar refractivity (Wildman–Crippen MR) is 109 cm³/mol. The molecule has 0 amide bonds. The number of thiophene rings is 1. The highest BCUT2D eigenvalue weighted by Gasteiger charge is 2.24. The number of rotatable bonds is 6. The maximum Gasteiger partial charge on any atom is 0.363 e. The highest BCUT2D eigenvalue weighted by molar-refractivity contribution is 7.12. The first kappa shape index (κ1) is 18.0. The molecule has 0 aliphatic carbocycles. The van der Waals surface area contributed by atoms with Gasteiger partial charge in [0.25, 0.3) is 0 Å². The lowest BCUT2D eigenvalue weighted by Crippen LogP contribution is -2.03. The molecule has 0 saturated carbocycles. The molecule has 0 saturated heterocycles. The monoisotopic (exact) mass is 391 g/mol. The van der Waals surface area contributed by atoms with Crippen LogP contribution in [-0.4, -0.2) is 19.0 Å². The summed E-state index contributed by atoms with van der Waals surface area (Å²) in [6, 6.07) is 19.1. The van der Waals surface area contributed by atoms with Crippen LogP contribution in [0.25, 0.3) is 6.08 Å². The molecular formula is C22H17NO4S. The van der Waals surface area contributed by atoms with Crippen molar-refractivity contribution in [3.05, 3.63) is 87.7 Å². The van der Waals surface area contributed by atoms with Crippen molar-refractivity contribution >= 4 is 29.3 Å². The van der Waals surface area contributed by atoms with Crippen LogP contribution < -0.4 is 9.47 Å². The van der Waals surface area contributed by atoms with Gasteiger partial charge in [0.05, 0.1) is 12.0 Å². The molecule has 0 bridgehead atoms. The second-order valence-corrected chi connectivity index (χ2v) is 6.95. The predicted octanol–water partition coefficient (Wildman–Crippen LogP) is 4.68. The van der Waals surface area contributed by atoms with E-state index in [0.717, 1.165) is 16.0 Å². The molecule has 0 atom stereocenters. The number of aliphatic imine (C=N–C) groups is 1. The van der Waals surface area contributed by atoms with Gasteiger partial charge in [0.1, 0.15) is 6.61 Å². The second-order valence-electron chi connectivity index (χ2n) is 6.00. The normalized spacial score (nSPS) is 14.7. The molecule has 0 radical (unpaired) electrons. The van der Waals surface area contributed by atoms with Gasteiger partial charge in [0.15, 0.2) is 17.2 Å². The van der Waals surface area contributed by atoms with Crippen molar-refractivity contribution in [1.29, 1.82) is 0 Å². The molecule has 1 aliphatic heterocycles. The number of methoxy groups -OCH3 is 1. The van der Waals surface area contributed by atoms with Crippen molar-refractivity contribution in [2.45, 2.75) is 6.61 Å². The topological polar surface area (TPSA) is 57.1 Å². The van der Waals surface area contributed by atoms with Crippen molar-refractivity contribution in [3.63, 3.8) is 0 Å². The van der Waals surface area contributed by atoms with Crippen LogP contribution in [0.15, 0.2) is 76.7 Å². The van der Waals surface area contributed by atoms with Gasteiger partial charge >= 0.3 is 5.97 Å². The fraction of sp³-hybridized carbons (Fsp3) is 0.0909. The Morgan fingerprint density at radius 1 is 1.07 bits per heavy atom. The van der Waals surface area contributed by atoms with E-state index in [4.69, 9.17) is 14.2 Å². The van der Waals surface area contributed by atoms with Gasteiger partial charge in [-0.1, -0.05) is 42.5 Å². The summed E-state index contributed by atoms with van der Waals surface area (Å²) in [5, 5.41) is 1.91. The number of hydrogen-bond donors (Lipinski definition) is 0. The van der Waals surface area contributed by atoms with Crippen molar-refractivity contribution < 1.29 is 19.0 Å². The van der Waals surface area contributed by atoms with E-state index in [9.17, 15) is 4.79 Å². The van der Waals surface area contributed by atoms with E-state index in [1.165, 1.54) is 11.3 Å². The van der Waals surface area contributed by atoms with Crippen molar-refractivity contribution in [2.24, 2.45) is 4.99 Å². The fourth-order valence-corrected chi connectivity index (χ4v) is 3.35. The van der Waals surface area contributed by atoms with E-state index < -0.39 is 5.97 Å². The van der Waals surface area contributed by atoms with Crippen LogP contribution in [-0.2, 0) is 16.1 Å². The van der Waals surface area contributed by atoms with Gasteiger partial charge in [-0.15, -0.1) is 11.3 Å². The molecule has 2 heterocycles. The average Bonchev–Trinajstić information content (AvgIpc) is 3.38. The average molecular weight is 391 g/mol. The lowest BCUT2D eigenvalue weighted by molar-refractivity contribution is -0.129. The van der Waals surface area contributed by atoms with Crippen molar-refractivity contribution in [3.8, 4) is 11.5 Å². The Hall–Kier alpha value is -3.38. The van der Waals surface area contributed by atoms with E-state index in [2.05, 4.69) is 4.99 Å². The SMILES string of the molecule is COc1cc(C=C2N=C(c3cccs3)OC2=O)ccc1OCc1ccccc1. The second kappa shape index (κ2) is 8.10. The summed E-state index contributed by atoms with van der Waals surface area (Å²) in [6.07, 6.45) is 1.67. The van der Waals surface area contributed by atoms with Crippen LogP contribution in [0.5, 0.6) is 11.5 Å². The first-order valence-electron chi connectivity index (χ1n) is 8.64. The molecule has 2 aromatic carbocycles. The highest BCUT2D eigenvalue weighted by Crippen LogP contribution is 2.30. The third kappa shape index (κ3) is 3.97. The Balaban J connectivity index is 1.54. The molecule has 6 heteroatoms. The molecule has 5 nitrogen and oxygen atoms in total. The number of cyclic esters (lactones) is 1. The number of carbonyl (C=O) groups is 1. The lowest BCUT2D eigenvalue weighted by atomic mass is 10.1. The van der Waals surface area contributed by atoms with Crippen LogP contribution in [0, 0.1) is 0 Å². The number of hydrogen-bond acceptors (Lipinski definition) is 6. The zero-order valence-corrected chi connectivity index (χ0v) is 15.9. The van der Waals surface area contributed by atoms with Gasteiger partial charge in [-0.25, -0.2) is 9.79 Å². The summed E-state index contributed by atoms with van der Waals surface area (Å²) in [6.45, 7) is 0.443. The highest BCUT2D eigenvalue weighted by atomic mass is 32.1. The number of esters is 1. The fourth-order valence-electron chi connectivity index (χ4n) is 2.70. The molecule has 1 aliphatic rings. The van der Waals surface area contributed by atoms with Gasteiger partial charge < -0.3 is 14.2 Å². The summed E-state index contributed by atoms with van der Waals surface area (Å²) in [5.41, 5.74) is 2.09. The Bertz CT molecular complexity index is 1040. The Kier molecular flexibility index (Phi) is 5.21. The largest absolute Gasteiger partial charge is 0.493 e. The molecule has 0 unspecified atom stereocenters. The summed E-state index contributed by atoms with van der Waals surface area (Å²) < 4.78 is 16.6. The minimum absolute atomic E-state index is 0.253. The van der Waals surface area contributed by atoms with Crippen LogP contribution in [0.1, 0.15) is 16.0 Å². The van der Waals surface area contributed by atoms with E-state index in [1.54, 1.807) is 19.3 Å². The molecule has 0 N–H and O–H groups in total.